The van der Waals surface area contributed by atoms with Crippen LogP contribution in [0.1, 0.15) is 27.2 Å². The quantitative estimate of drug-likeness (QED) is 0.438. The lowest BCUT2D eigenvalue weighted by molar-refractivity contribution is -0.137. The van der Waals surface area contributed by atoms with Gasteiger partial charge in [-0.05, 0) is 48.4 Å². The van der Waals surface area contributed by atoms with Gasteiger partial charge in [0, 0.05) is 17.4 Å². The van der Waals surface area contributed by atoms with Gasteiger partial charge >= 0.3 is 6.18 Å². The number of carbonyl (C=O) groups excluding carboxylic acids is 1. The molecule has 5 nitrogen and oxygen atoms in total. The molecule has 0 atom stereocenters. The van der Waals surface area contributed by atoms with E-state index in [-0.39, 0.29) is 17.1 Å². The van der Waals surface area contributed by atoms with Gasteiger partial charge in [0.2, 0.25) is 0 Å². The van der Waals surface area contributed by atoms with Crippen LogP contribution >= 0.6 is 0 Å². The Balaban J connectivity index is 1.74. The fourth-order valence-electron chi connectivity index (χ4n) is 3.68. The molecule has 1 heterocycles. The fraction of sp³-hybridized carbons (Fsp3) is 0.125. The molecule has 9 heteroatoms. The Labute approximate surface area is 188 Å². The summed E-state index contributed by atoms with van der Waals surface area (Å²) in [7, 11) is -4.15. The van der Waals surface area contributed by atoms with Gasteiger partial charge in [-0.15, -0.1) is 0 Å². The van der Waals surface area contributed by atoms with Crippen LogP contribution in [0.3, 0.4) is 0 Å². The standard InChI is InChI=1S/C24H19F3N2O3S/c1-16-7-2-5-12-22(16)33(31,32)28-23(30)21-14-18-9-3-4-11-20(18)29(21)15-17-8-6-10-19(13-17)24(25,26)27/h2-14H,15H2,1H3,(H,28,30). The molecule has 0 fully saturated rings. The van der Waals surface area contributed by atoms with Gasteiger partial charge in [0.05, 0.1) is 10.5 Å². The molecule has 0 aliphatic rings. The van der Waals surface area contributed by atoms with E-state index in [1.807, 2.05) is 0 Å². The summed E-state index contributed by atoms with van der Waals surface area (Å²) >= 11 is 0. The first-order valence-electron chi connectivity index (χ1n) is 9.93. The lowest BCUT2D eigenvalue weighted by Crippen LogP contribution is -2.32. The fourth-order valence-corrected chi connectivity index (χ4v) is 4.89. The number of halogens is 3. The number of para-hydroxylation sites is 1. The summed E-state index contributed by atoms with van der Waals surface area (Å²) < 4.78 is 68.7. The minimum atomic E-state index is -4.50. The molecule has 4 aromatic rings. The van der Waals surface area contributed by atoms with Crippen LogP contribution in [0.15, 0.2) is 83.8 Å². The van der Waals surface area contributed by atoms with Crippen LogP contribution in [-0.4, -0.2) is 18.9 Å². The van der Waals surface area contributed by atoms with E-state index in [0.29, 0.717) is 22.0 Å². The van der Waals surface area contributed by atoms with Crippen molar-refractivity contribution in [1.29, 1.82) is 0 Å². The first kappa shape index (κ1) is 22.6. The SMILES string of the molecule is Cc1ccccc1S(=O)(=O)NC(=O)c1cc2ccccc2n1Cc1cccc(C(F)(F)F)c1. The summed E-state index contributed by atoms with van der Waals surface area (Å²) in [6, 6.07) is 19.5. The van der Waals surface area contributed by atoms with Crippen molar-refractivity contribution >= 4 is 26.8 Å². The van der Waals surface area contributed by atoms with Gasteiger partial charge in [0.25, 0.3) is 15.9 Å². The number of carbonyl (C=O) groups is 1. The number of hydrogen-bond acceptors (Lipinski definition) is 3. The number of aromatic nitrogens is 1. The summed E-state index contributed by atoms with van der Waals surface area (Å²) in [6.45, 7) is 1.56. The van der Waals surface area contributed by atoms with Crippen molar-refractivity contribution in [2.45, 2.75) is 24.5 Å². The van der Waals surface area contributed by atoms with Crippen LogP contribution in [0.4, 0.5) is 13.2 Å². The van der Waals surface area contributed by atoms with E-state index < -0.39 is 27.7 Å². The van der Waals surface area contributed by atoms with Gasteiger partial charge in [0.1, 0.15) is 5.69 Å². The van der Waals surface area contributed by atoms with Crippen molar-refractivity contribution in [3.05, 3.63) is 101 Å². The summed E-state index contributed by atoms with van der Waals surface area (Å²) in [5.74, 6) is -0.874. The average molecular weight is 472 g/mol. The van der Waals surface area contributed by atoms with Crippen molar-refractivity contribution < 1.29 is 26.4 Å². The van der Waals surface area contributed by atoms with Gasteiger partial charge in [-0.2, -0.15) is 13.2 Å². The predicted octanol–water partition coefficient (Wildman–Crippen LogP) is 5.14. The second-order valence-corrected chi connectivity index (χ2v) is 9.22. The Morgan fingerprint density at radius 2 is 1.64 bits per heavy atom. The molecule has 0 radical (unpaired) electrons. The molecule has 0 saturated carbocycles. The van der Waals surface area contributed by atoms with Crippen LogP contribution in [0.25, 0.3) is 10.9 Å². The molecule has 0 unspecified atom stereocenters. The van der Waals surface area contributed by atoms with Crippen LogP contribution in [-0.2, 0) is 22.7 Å². The Hall–Kier alpha value is -3.59. The lowest BCUT2D eigenvalue weighted by atomic mass is 10.1. The Bertz CT molecular complexity index is 1460. The highest BCUT2D eigenvalue weighted by Crippen LogP contribution is 2.30. The number of benzene rings is 3. The van der Waals surface area contributed by atoms with Gasteiger partial charge in [-0.1, -0.05) is 48.5 Å². The molecule has 1 amide bonds. The highest BCUT2D eigenvalue weighted by atomic mass is 32.2. The summed E-state index contributed by atoms with van der Waals surface area (Å²) in [6.07, 6.45) is -4.50. The normalized spacial score (nSPS) is 12.1. The van der Waals surface area contributed by atoms with Crippen molar-refractivity contribution in [2.24, 2.45) is 0 Å². The monoisotopic (exact) mass is 472 g/mol. The van der Waals surface area contributed by atoms with E-state index in [9.17, 15) is 26.4 Å². The number of aryl methyl sites for hydroxylation is 1. The molecule has 170 valence electrons. The Kier molecular flexibility index (Phi) is 5.75. The predicted molar refractivity (Wildman–Crippen MR) is 118 cm³/mol. The number of alkyl halides is 3. The van der Waals surface area contributed by atoms with Gasteiger partial charge in [0.15, 0.2) is 0 Å². The van der Waals surface area contributed by atoms with Crippen molar-refractivity contribution in [1.82, 2.24) is 9.29 Å². The zero-order chi connectivity index (χ0) is 23.8. The molecule has 33 heavy (non-hydrogen) atoms. The Morgan fingerprint density at radius 1 is 0.939 bits per heavy atom. The topological polar surface area (TPSA) is 68.2 Å². The molecular weight excluding hydrogens is 453 g/mol. The molecule has 0 aliphatic heterocycles. The maximum Gasteiger partial charge on any atom is 0.416 e. The second-order valence-electron chi connectivity index (χ2n) is 7.57. The first-order chi connectivity index (χ1) is 15.6. The molecule has 1 aromatic heterocycles. The van der Waals surface area contributed by atoms with Gasteiger partial charge in [-0.25, -0.2) is 13.1 Å². The minimum Gasteiger partial charge on any atom is -0.332 e. The summed E-state index contributed by atoms with van der Waals surface area (Å²) in [5.41, 5.74) is 0.605. The minimum absolute atomic E-state index is 0.0192. The number of amides is 1. The van der Waals surface area contributed by atoms with Crippen molar-refractivity contribution in [3.63, 3.8) is 0 Å². The summed E-state index contributed by atoms with van der Waals surface area (Å²) in [5, 5.41) is 0.655. The van der Waals surface area contributed by atoms with E-state index in [4.69, 9.17) is 0 Å². The van der Waals surface area contributed by atoms with E-state index >= 15 is 0 Å². The molecule has 0 spiro atoms. The molecule has 4 rings (SSSR count). The average Bonchev–Trinajstić information content (AvgIpc) is 3.12. The van der Waals surface area contributed by atoms with E-state index in [1.54, 1.807) is 49.4 Å². The zero-order valence-electron chi connectivity index (χ0n) is 17.4. The first-order valence-corrected chi connectivity index (χ1v) is 11.4. The van der Waals surface area contributed by atoms with Crippen LogP contribution in [0, 0.1) is 6.92 Å². The molecular formula is C24H19F3N2O3S. The van der Waals surface area contributed by atoms with E-state index in [0.717, 1.165) is 12.1 Å². The number of sulfonamides is 1. The maximum atomic E-state index is 13.1. The van der Waals surface area contributed by atoms with Crippen molar-refractivity contribution in [3.8, 4) is 0 Å². The molecule has 1 N–H and O–H groups in total. The van der Waals surface area contributed by atoms with Gasteiger partial charge < -0.3 is 4.57 Å². The van der Waals surface area contributed by atoms with Crippen LogP contribution < -0.4 is 4.72 Å². The number of hydrogen-bond donors (Lipinski definition) is 1. The maximum absolute atomic E-state index is 13.1. The van der Waals surface area contributed by atoms with Crippen LogP contribution in [0.5, 0.6) is 0 Å². The van der Waals surface area contributed by atoms with E-state index in [1.165, 1.54) is 28.8 Å². The number of rotatable bonds is 5. The number of nitrogens with zero attached hydrogens (tertiary/aromatic N) is 1. The molecule has 0 bridgehead atoms. The third-order valence-corrected chi connectivity index (χ3v) is 6.74. The highest BCUT2D eigenvalue weighted by Gasteiger charge is 2.30. The third kappa shape index (κ3) is 4.63. The van der Waals surface area contributed by atoms with Crippen LogP contribution in [0.2, 0.25) is 0 Å². The van der Waals surface area contributed by atoms with E-state index in [2.05, 4.69) is 4.72 Å². The highest BCUT2D eigenvalue weighted by molar-refractivity contribution is 7.90. The molecule has 0 aliphatic carbocycles. The smallest absolute Gasteiger partial charge is 0.332 e. The van der Waals surface area contributed by atoms with Crippen molar-refractivity contribution in [2.75, 3.05) is 0 Å². The lowest BCUT2D eigenvalue weighted by Gasteiger charge is -2.14. The van der Waals surface area contributed by atoms with Gasteiger partial charge in [-0.3, -0.25) is 4.79 Å². The summed E-state index contributed by atoms with van der Waals surface area (Å²) in [4.78, 5) is 13.0. The molecule has 0 saturated heterocycles. The largest absolute Gasteiger partial charge is 0.416 e. The molecule has 3 aromatic carbocycles. The zero-order valence-corrected chi connectivity index (χ0v) is 18.2. The second kappa shape index (κ2) is 8.40. The number of nitrogens with one attached hydrogen (secondary N) is 1. The Morgan fingerprint density at radius 3 is 2.36 bits per heavy atom. The third-order valence-electron chi connectivity index (χ3n) is 5.25. The number of fused-ring (bicyclic) bond motifs is 1.